The van der Waals surface area contributed by atoms with Crippen molar-refractivity contribution in [1.82, 2.24) is 4.98 Å². The second kappa shape index (κ2) is 4.81. The molecule has 0 radical (unpaired) electrons. The molecule has 108 valence electrons. The summed E-state index contributed by atoms with van der Waals surface area (Å²) in [6, 6.07) is 17.7. The van der Waals surface area contributed by atoms with Crippen molar-refractivity contribution in [2.24, 2.45) is 0 Å². The number of aryl methyl sites for hydroxylation is 2. The van der Waals surface area contributed by atoms with E-state index in [4.69, 9.17) is 4.98 Å². The minimum atomic E-state index is 0.949. The average molecular weight is 285 g/mol. The lowest BCUT2D eigenvalue weighted by Gasteiger charge is -2.10. The van der Waals surface area contributed by atoms with Crippen molar-refractivity contribution in [3.05, 3.63) is 76.6 Å². The summed E-state index contributed by atoms with van der Waals surface area (Å²) in [6.45, 7) is 6.44. The van der Waals surface area contributed by atoms with E-state index < -0.39 is 0 Å². The Hall–Kier alpha value is -2.41. The fraction of sp³-hybridized carbons (Fsp3) is 0.190. The van der Waals surface area contributed by atoms with Crippen LogP contribution in [0.5, 0.6) is 0 Å². The first-order valence-electron chi connectivity index (χ1n) is 7.80. The van der Waals surface area contributed by atoms with E-state index in [0.29, 0.717) is 0 Å². The van der Waals surface area contributed by atoms with Crippen LogP contribution in [0.4, 0.5) is 0 Å². The van der Waals surface area contributed by atoms with Crippen molar-refractivity contribution in [3.8, 4) is 22.3 Å². The van der Waals surface area contributed by atoms with Gasteiger partial charge in [-0.15, -0.1) is 0 Å². The smallest absolute Gasteiger partial charge is 0.0529 e. The first kappa shape index (κ1) is 13.3. The van der Waals surface area contributed by atoms with Gasteiger partial charge in [-0.05, 0) is 60.2 Å². The lowest BCUT2D eigenvalue weighted by Crippen LogP contribution is -1.89. The molecule has 2 aromatic carbocycles. The van der Waals surface area contributed by atoms with E-state index in [-0.39, 0.29) is 0 Å². The molecule has 0 saturated heterocycles. The molecule has 1 aliphatic carbocycles. The highest BCUT2D eigenvalue weighted by molar-refractivity contribution is 5.80. The zero-order chi connectivity index (χ0) is 15.3. The molecular formula is C21H19N. The predicted molar refractivity (Wildman–Crippen MR) is 92.1 cm³/mol. The molecule has 0 unspecified atom stereocenters. The third kappa shape index (κ3) is 1.97. The molecule has 0 N–H and O–H groups in total. The summed E-state index contributed by atoms with van der Waals surface area (Å²) in [4.78, 5) is 4.70. The minimum absolute atomic E-state index is 0.949. The number of hydrogen-bond acceptors (Lipinski definition) is 1. The van der Waals surface area contributed by atoms with Crippen LogP contribution < -0.4 is 0 Å². The molecule has 1 heterocycles. The summed E-state index contributed by atoms with van der Waals surface area (Å²) < 4.78 is 0. The quantitative estimate of drug-likeness (QED) is 0.466. The third-order valence-corrected chi connectivity index (χ3v) is 4.78. The van der Waals surface area contributed by atoms with E-state index in [1.165, 1.54) is 44.6 Å². The van der Waals surface area contributed by atoms with E-state index in [9.17, 15) is 0 Å². The van der Waals surface area contributed by atoms with Crippen LogP contribution in [-0.4, -0.2) is 4.98 Å². The second-order valence-electron chi connectivity index (χ2n) is 6.24. The van der Waals surface area contributed by atoms with Crippen molar-refractivity contribution in [1.29, 1.82) is 0 Å². The van der Waals surface area contributed by atoms with Crippen LogP contribution in [0.3, 0.4) is 0 Å². The highest BCUT2D eigenvalue weighted by atomic mass is 14.7. The zero-order valence-electron chi connectivity index (χ0n) is 13.3. The van der Waals surface area contributed by atoms with Gasteiger partial charge >= 0.3 is 0 Å². The van der Waals surface area contributed by atoms with E-state index in [2.05, 4.69) is 69.3 Å². The van der Waals surface area contributed by atoms with E-state index in [1.807, 2.05) is 0 Å². The van der Waals surface area contributed by atoms with Crippen molar-refractivity contribution >= 4 is 0 Å². The van der Waals surface area contributed by atoms with Crippen molar-refractivity contribution in [2.75, 3.05) is 0 Å². The number of rotatable bonds is 1. The van der Waals surface area contributed by atoms with Gasteiger partial charge in [0.15, 0.2) is 0 Å². The normalized spacial score (nSPS) is 12.1. The Morgan fingerprint density at radius 2 is 1.64 bits per heavy atom. The third-order valence-electron chi connectivity index (χ3n) is 4.78. The minimum Gasteiger partial charge on any atom is -0.257 e. The van der Waals surface area contributed by atoms with Gasteiger partial charge in [-0.2, -0.15) is 0 Å². The van der Waals surface area contributed by atoms with Crippen LogP contribution in [0.25, 0.3) is 22.3 Å². The lowest BCUT2D eigenvalue weighted by molar-refractivity contribution is 1.07. The molecule has 1 aromatic heterocycles. The molecule has 0 atom stereocenters. The maximum Gasteiger partial charge on any atom is 0.0529 e. The highest BCUT2D eigenvalue weighted by Crippen LogP contribution is 2.38. The Morgan fingerprint density at radius 3 is 2.50 bits per heavy atom. The van der Waals surface area contributed by atoms with Gasteiger partial charge < -0.3 is 0 Å². The number of pyridine rings is 1. The molecule has 4 rings (SSSR count). The molecule has 0 aliphatic heterocycles. The molecule has 0 fully saturated rings. The number of aromatic nitrogens is 1. The summed E-state index contributed by atoms with van der Waals surface area (Å²) in [5.41, 5.74) is 11.7. The van der Waals surface area contributed by atoms with Gasteiger partial charge in [0.05, 0.1) is 5.69 Å². The molecule has 0 amide bonds. The number of nitrogens with zero attached hydrogens (tertiary/aromatic N) is 1. The Balaban J connectivity index is 1.84. The predicted octanol–water partition coefficient (Wildman–Crippen LogP) is 5.25. The van der Waals surface area contributed by atoms with Gasteiger partial charge in [0.2, 0.25) is 0 Å². The topological polar surface area (TPSA) is 12.9 Å². The van der Waals surface area contributed by atoms with Crippen molar-refractivity contribution < 1.29 is 0 Å². The molecule has 1 heteroatoms. The first-order chi connectivity index (χ1) is 10.6. The molecule has 22 heavy (non-hydrogen) atoms. The van der Waals surface area contributed by atoms with Crippen LogP contribution in [0, 0.1) is 20.8 Å². The summed E-state index contributed by atoms with van der Waals surface area (Å²) in [6.07, 6.45) is 0.949. The second-order valence-corrected chi connectivity index (χ2v) is 6.24. The standard InChI is InChI=1S/C21H19N/c1-13-5-4-6-18(15(13)3)16-8-10-19-17(11-16)12-21-20(19)9-7-14(2)22-21/h4-11H,12H2,1-3H3. The molecule has 0 bridgehead atoms. The van der Waals surface area contributed by atoms with E-state index >= 15 is 0 Å². The van der Waals surface area contributed by atoms with Gasteiger partial charge in [-0.1, -0.05) is 42.5 Å². The average Bonchev–Trinajstić information content (AvgIpc) is 2.86. The van der Waals surface area contributed by atoms with Crippen molar-refractivity contribution in [2.45, 2.75) is 27.2 Å². The van der Waals surface area contributed by atoms with Gasteiger partial charge in [-0.25, -0.2) is 0 Å². The molecule has 0 saturated carbocycles. The summed E-state index contributed by atoms with van der Waals surface area (Å²) in [5.74, 6) is 0. The van der Waals surface area contributed by atoms with Crippen LogP contribution in [0.15, 0.2) is 48.5 Å². The van der Waals surface area contributed by atoms with Crippen LogP contribution in [0.2, 0.25) is 0 Å². The number of hydrogen-bond donors (Lipinski definition) is 0. The van der Waals surface area contributed by atoms with E-state index in [1.54, 1.807) is 0 Å². The zero-order valence-corrected chi connectivity index (χ0v) is 13.3. The SMILES string of the molecule is Cc1ccc2c(n1)Cc1cc(-c3cccc(C)c3C)ccc1-2. The fourth-order valence-corrected chi connectivity index (χ4v) is 3.40. The van der Waals surface area contributed by atoms with Gasteiger partial charge in [-0.3, -0.25) is 4.98 Å². The van der Waals surface area contributed by atoms with Crippen LogP contribution in [0.1, 0.15) is 28.1 Å². The molecular weight excluding hydrogens is 266 g/mol. The molecule has 1 aliphatic rings. The van der Waals surface area contributed by atoms with E-state index in [0.717, 1.165) is 12.1 Å². The largest absolute Gasteiger partial charge is 0.257 e. The lowest BCUT2D eigenvalue weighted by atomic mass is 9.94. The molecule has 1 nitrogen and oxygen atoms in total. The number of fused-ring (bicyclic) bond motifs is 3. The van der Waals surface area contributed by atoms with Gasteiger partial charge in [0, 0.05) is 17.7 Å². The molecule has 0 spiro atoms. The van der Waals surface area contributed by atoms with Crippen LogP contribution in [-0.2, 0) is 6.42 Å². The number of benzene rings is 2. The maximum atomic E-state index is 4.70. The maximum absolute atomic E-state index is 4.70. The van der Waals surface area contributed by atoms with Gasteiger partial charge in [0.25, 0.3) is 0 Å². The summed E-state index contributed by atoms with van der Waals surface area (Å²) in [7, 11) is 0. The molecule has 3 aromatic rings. The first-order valence-corrected chi connectivity index (χ1v) is 7.80. The highest BCUT2D eigenvalue weighted by Gasteiger charge is 2.20. The Kier molecular flexibility index (Phi) is 2.90. The van der Waals surface area contributed by atoms with Crippen molar-refractivity contribution in [3.63, 3.8) is 0 Å². The Morgan fingerprint density at radius 1 is 0.818 bits per heavy atom. The fourth-order valence-electron chi connectivity index (χ4n) is 3.40. The summed E-state index contributed by atoms with van der Waals surface area (Å²) >= 11 is 0. The van der Waals surface area contributed by atoms with Crippen LogP contribution >= 0.6 is 0 Å². The Labute approximate surface area is 131 Å². The monoisotopic (exact) mass is 285 g/mol. The van der Waals surface area contributed by atoms with Gasteiger partial charge in [0.1, 0.15) is 0 Å². The Bertz CT molecular complexity index is 890. The summed E-state index contributed by atoms with van der Waals surface area (Å²) in [5, 5.41) is 0.